The normalized spacial score (nSPS) is 14.0. The second kappa shape index (κ2) is 7.08. The summed E-state index contributed by atoms with van der Waals surface area (Å²) >= 11 is 0. The molecule has 0 unspecified atom stereocenters. The number of aromatic nitrogens is 1. The molecule has 0 aliphatic heterocycles. The van der Waals surface area contributed by atoms with Crippen LogP contribution >= 0.6 is 0 Å². The van der Waals surface area contributed by atoms with E-state index in [2.05, 4.69) is 5.32 Å². The van der Waals surface area contributed by atoms with Crippen molar-refractivity contribution in [3.8, 4) is 0 Å². The Kier molecular flexibility index (Phi) is 5.30. The number of nitrogens with zero attached hydrogens (tertiary/aromatic N) is 1. The number of alkyl halides is 3. The van der Waals surface area contributed by atoms with E-state index in [1.165, 1.54) is 31.2 Å². The van der Waals surface area contributed by atoms with Gasteiger partial charge >= 0.3 is 6.18 Å². The fraction of sp³-hybridized carbons (Fsp3) is 0.294. The molecular formula is C17H16F4N2O2. The number of amides is 1. The van der Waals surface area contributed by atoms with Gasteiger partial charge < -0.3 is 9.88 Å². The molecule has 2 atom stereocenters. The molecule has 0 radical (unpaired) electrons. The van der Waals surface area contributed by atoms with Crippen LogP contribution in [0.5, 0.6) is 0 Å². The molecule has 2 aromatic rings. The maximum absolute atomic E-state index is 12.9. The van der Waals surface area contributed by atoms with Crippen molar-refractivity contribution in [3.63, 3.8) is 0 Å². The topological polar surface area (TPSA) is 51.1 Å². The molecule has 1 aromatic carbocycles. The molecule has 1 N–H and O–H groups in total. The quantitative estimate of drug-likeness (QED) is 0.853. The first-order valence-electron chi connectivity index (χ1n) is 7.45. The van der Waals surface area contributed by atoms with Crippen molar-refractivity contribution in [2.24, 2.45) is 0 Å². The lowest BCUT2D eigenvalue weighted by Gasteiger charge is -2.20. The van der Waals surface area contributed by atoms with Crippen molar-refractivity contribution in [2.45, 2.75) is 32.1 Å². The van der Waals surface area contributed by atoms with Crippen LogP contribution in [0.15, 0.2) is 47.4 Å². The molecule has 1 aromatic heterocycles. The number of hydrogen-bond donors (Lipinski definition) is 1. The molecule has 134 valence electrons. The predicted octanol–water partition coefficient (Wildman–Crippen LogP) is 3.44. The number of halogens is 4. The van der Waals surface area contributed by atoms with E-state index in [-0.39, 0.29) is 0 Å². The number of carbonyl (C=O) groups excluding carboxylic acids is 1. The van der Waals surface area contributed by atoms with Crippen molar-refractivity contribution >= 4 is 5.91 Å². The summed E-state index contributed by atoms with van der Waals surface area (Å²) in [5.74, 6) is -0.953. The van der Waals surface area contributed by atoms with E-state index in [1.807, 2.05) is 0 Å². The van der Waals surface area contributed by atoms with Gasteiger partial charge in [-0.15, -0.1) is 0 Å². The number of pyridine rings is 1. The van der Waals surface area contributed by atoms with Crippen molar-refractivity contribution in [1.82, 2.24) is 9.88 Å². The molecule has 25 heavy (non-hydrogen) atoms. The minimum absolute atomic E-state index is 0.410. The van der Waals surface area contributed by atoms with Crippen LogP contribution in [-0.4, -0.2) is 10.5 Å². The monoisotopic (exact) mass is 356 g/mol. The standard InChI is InChI=1S/C17H16F4N2O2/c1-10(12-3-5-14(18)6-4-12)22-16(25)11(2)23-8-7-13(9-15(23)24)17(19,20)21/h3-11H,1-2H3,(H,22,25)/t10-,11+/m0/s1. The van der Waals surface area contributed by atoms with Gasteiger partial charge in [0.05, 0.1) is 11.6 Å². The molecular weight excluding hydrogens is 340 g/mol. The van der Waals surface area contributed by atoms with Gasteiger partial charge in [0.25, 0.3) is 5.56 Å². The lowest BCUT2D eigenvalue weighted by atomic mass is 10.1. The minimum Gasteiger partial charge on any atom is -0.348 e. The summed E-state index contributed by atoms with van der Waals surface area (Å²) in [4.78, 5) is 24.1. The summed E-state index contributed by atoms with van der Waals surface area (Å²) < 4.78 is 51.6. The highest BCUT2D eigenvalue weighted by molar-refractivity contribution is 5.80. The number of benzene rings is 1. The zero-order chi connectivity index (χ0) is 18.8. The third kappa shape index (κ3) is 4.46. The van der Waals surface area contributed by atoms with Crippen molar-refractivity contribution in [2.75, 3.05) is 0 Å². The summed E-state index contributed by atoms with van der Waals surface area (Å²) in [5.41, 5.74) is -1.34. The number of hydrogen-bond acceptors (Lipinski definition) is 2. The van der Waals surface area contributed by atoms with E-state index in [0.29, 0.717) is 11.6 Å². The minimum atomic E-state index is -4.62. The fourth-order valence-corrected chi connectivity index (χ4v) is 2.28. The SMILES string of the molecule is C[C@H](NC(=O)[C@@H](C)n1ccc(C(F)(F)F)cc1=O)c1ccc(F)cc1. The van der Waals surface area contributed by atoms with Crippen LogP contribution in [0.4, 0.5) is 17.6 Å². The molecule has 0 fully saturated rings. The van der Waals surface area contributed by atoms with Gasteiger partial charge in [-0.2, -0.15) is 13.2 Å². The van der Waals surface area contributed by atoms with E-state index in [4.69, 9.17) is 0 Å². The molecule has 0 bridgehead atoms. The summed E-state index contributed by atoms with van der Waals surface area (Å²) in [6, 6.07) is 5.26. The Balaban J connectivity index is 2.14. The van der Waals surface area contributed by atoms with Gasteiger partial charge in [-0.05, 0) is 37.6 Å². The zero-order valence-electron chi connectivity index (χ0n) is 13.5. The first-order chi connectivity index (χ1) is 11.6. The Hall–Kier alpha value is -2.64. The van der Waals surface area contributed by atoms with E-state index in [1.54, 1.807) is 6.92 Å². The molecule has 0 saturated heterocycles. The molecule has 0 spiro atoms. The number of nitrogens with one attached hydrogen (secondary N) is 1. The second-order valence-electron chi connectivity index (χ2n) is 5.62. The Morgan fingerprint density at radius 1 is 1.12 bits per heavy atom. The smallest absolute Gasteiger partial charge is 0.348 e. The van der Waals surface area contributed by atoms with Crippen LogP contribution in [0, 0.1) is 5.82 Å². The molecule has 8 heteroatoms. The van der Waals surface area contributed by atoms with Gasteiger partial charge in [0.1, 0.15) is 11.9 Å². The van der Waals surface area contributed by atoms with Gasteiger partial charge in [-0.25, -0.2) is 4.39 Å². The van der Waals surface area contributed by atoms with Crippen LogP contribution in [-0.2, 0) is 11.0 Å². The second-order valence-corrected chi connectivity index (χ2v) is 5.62. The Bertz CT molecular complexity index is 813. The van der Waals surface area contributed by atoms with E-state index in [9.17, 15) is 27.2 Å². The number of carbonyl (C=O) groups is 1. The van der Waals surface area contributed by atoms with Gasteiger partial charge in [0.15, 0.2) is 0 Å². The Morgan fingerprint density at radius 3 is 2.24 bits per heavy atom. The molecule has 1 amide bonds. The van der Waals surface area contributed by atoms with E-state index < -0.39 is 41.1 Å². The van der Waals surface area contributed by atoms with Crippen LogP contribution in [0.1, 0.15) is 37.1 Å². The molecule has 2 rings (SSSR count). The average molecular weight is 356 g/mol. The first-order valence-corrected chi connectivity index (χ1v) is 7.45. The fourth-order valence-electron chi connectivity index (χ4n) is 2.28. The molecule has 0 aliphatic carbocycles. The van der Waals surface area contributed by atoms with E-state index in [0.717, 1.165) is 16.8 Å². The van der Waals surface area contributed by atoms with Gasteiger partial charge in [-0.3, -0.25) is 9.59 Å². The van der Waals surface area contributed by atoms with Crippen molar-refractivity contribution in [1.29, 1.82) is 0 Å². The summed E-state index contributed by atoms with van der Waals surface area (Å²) in [7, 11) is 0. The maximum Gasteiger partial charge on any atom is 0.416 e. The molecule has 0 aliphatic rings. The van der Waals surface area contributed by atoms with Crippen LogP contribution in [0.3, 0.4) is 0 Å². The van der Waals surface area contributed by atoms with Gasteiger partial charge in [-0.1, -0.05) is 12.1 Å². The van der Waals surface area contributed by atoms with Gasteiger partial charge in [0, 0.05) is 12.3 Å². The van der Waals surface area contributed by atoms with Crippen LogP contribution < -0.4 is 10.9 Å². The largest absolute Gasteiger partial charge is 0.416 e. The molecule has 4 nitrogen and oxygen atoms in total. The number of rotatable bonds is 4. The third-order valence-electron chi connectivity index (χ3n) is 3.80. The summed E-state index contributed by atoms with van der Waals surface area (Å²) in [6.07, 6.45) is -3.68. The van der Waals surface area contributed by atoms with Crippen LogP contribution in [0.2, 0.25) is 0 Å². The Labute approximate surface area is 141 Å². The van der Waals surface area contributed by atoms with E-state index >= 15 is 0 Å². The zero-order valence-corrected chi connectivity index (χ0v) is 13.5. The highest BCUT2D eigenvalue weighted by atomic mass is 19.4. The summed E-state index contributed by atoms with van der Waals surface area (Å²) in [6.45, 7) is 3.08. The average Bonchev–Trinajstić information content (AvgIpc) is 2.53. The summed E-state index contributed by atoms with van der Waals surface area (Å²) in [5, 5.41) is 2.64. The first kappa shape index (κ1) is 18.7. The predicted molar refractivity (Wildman–Crippen MR) is 83.4 cm³/mol. The molecule has 1 heterocycles. The van der Waals surface area contributed by atoms with Gasteiger partial charge in [0.2, 0.25) is 5.91 Å². The van der Waals surface area contributed by atoms with Crippen molar-refractivity contribution in [3.05, 3.63) is 69.9 Å². The lowest BCUT2D eigenvalue weighted by molar-refractivity contribution is -0.137. The van der Waals surface area contributed by atoms with Crippen molar-refractivity contribution < 1.29 is 22.4 Å². The highest BCUT2D eigenvalue weighted by Gasteiger charge is 2.31. The molecule has 0 saturated carbocycles. The third-order valence-corrected chi connectivity index (χ3v) is 3.80. The Morgan fingerprint density at radius 2 is 1.72 bits per heavy atom. The highest BCUT2D eigenvalue weighted by Crippen LogP contribution is 2.28. The lowest BCUT2D eigenvalue weighted by Crippen LogP contribution is -2.37. The maximum atomic E-state index is 12.9. The van der Waals surface area contributed by atoms with Crippen LogP contribution in [0.25, 0.3) is 0 Å².